The van der Waals surface area contributed by atoms with E-state index in [-0.39, 0.29) is 17.7 Å². The molecule has 0 aromatic heterocycles. The molecule has 3 N–H and O–H groups in total. The van der Waals surface area contributed by atoms with Gasteiger partial charge in [-0.1, -0.05) is 6.92 Å². The summed E-state index contributed by atoms with van der Waals surface area (Å²) < 4.78 is 13.2. The second-order valence-corrected chi connectivity index (χ2v) is 4.60. The molecule has 1 rings (SSSR count). The standard InChI is InChI=1S/C14H21FN2O2/c1-4-7-16-14(19)10(3)17-9(2)12-8-11(15)5-6-13(12)18/h5-6,8-10,17-18H,4,7H2,1-3H3,(H,16,19). The molecular weight excluding hydrogens is 247 g/mol. The number of carbonyl (C=O) groups excluding carboxylic acids is 1. The first-order valence-electron chi connectivity index (χ1n) is 6.47. The normalized spacial score (nSPS) is 13.9. The Kier molecular flexibility index (Phi) is 5.76. The van der Waals surface area contributed by atoms with Crippen molar-refractivity contribution < 1.29 is 14.3 Å². The molecule has 4 nitrogen and oxygen atoms in total. The number of phenolic OH excluding ortho intramolecular Hbond substituents is 1. The number of aromatic hydroxyl groups is 1. The highest BCUT2D eigenvalue weighted by molar-refractivity contribution is 5.81. The Balaban J connectivity index is 2.65. The van der Waals surface area contributed by atoms with Crippen molar-refractivity contribution in [2.75, 3.05) is 6.54 Å². The minimum Gasteiger partial charge on any atom is -0.508 e. The Labute approximate surface area is 113 Å². The number of hydrogen-bond acceptors (Lipinski definition) is 3. The molecule has 0 aliphatic rings. The first kappa shape index (κ1) is 15.4. The first-order valence-corrected chi connectivity index (χ1v) is 6.47. The summed E-state index contributed by atoms with van der Waals surface area (Å²) in [6.45, 7) is 6.12. The van der Waals surface area contributed by atoms with Gasteiger partial charge in [-0.25, -0.2) is 4.39 Å². The van der Waals surface area contributed by atoms with Crippen molar-refractivity contribution in [3.05, 3.63) is 29.6 Å². The SMILES string of the molecule is CCCNC(=O)C(C)NC(C)c1cc(F)ccc1O. The van der Waals surface area contributed by atoms with Crippen LogP contribution in [0.15, 0.2) is 18.2 Å². The van der Waals surface area contributed by atoms with E-state index < -0.39 is 11.9 Å². The van der Waals surface area contributed by atoms with Crippen LogP contribution < -0.4 is 10.6 Å². The average Bonchev–Trinajstić information content (AvgIpc) is 2.38. The van der Waals surface area contributed by atoms with Crippen LogP contribution in [0.25, 0.3) is 0 Å². The third kappa shape index (κ3) is 4.52. The lowest BCUT2D eigenvalue weighted by Gasteiger charge is -2.20. The van der Waals surface area contributed by atoms with Gasteiger partial charge in [-0.2, -0.15) is 0 Å². The van der Waals surface area contributed by atoms with Crippen LogP contribution in [0, 0.1) is 5.82 Å². The largest absolute Gasteiger partial charge is 0.508 e. The van der Waals surface area contributed by atoms with E-state index in [0.717, 1.165) is 6.42 Å². The Morgan fingerprint density at radius 1 is 1.42 bits per heavy atom. The molecule has 0 saturated heterocycles. The van der Waals surface area contributed by atoms with E-state index >= 15 is 0 Å². The monoisotopic (exact) mass is 268 g/mol. The lowest BCUT2D eigenvalue weighted by atomic mass is 10.1. The highest BCUT2D eigenvalue weighted by Gasteiger charge is 2.18. The molecule has 0 radical (unpaired) electrons. The minimum absolute atomic E-state index is 0.0163. The lowest BCUT2D eigenvalue weighted by Crippen LogP contribution is -2.43. The summed E-state index contributed by atoms with van der Waals surface area (Å²) in [6.07, 6.45) is 0.874. The maximum Gasteiger partial charge on any atom is 0.236 e. The molecule has 0 heterocycles. The van der Waals surface area contributed by atoms with Crippen molar-refractivity contribution in [3.8, 4) is 5.75 Å². The van der Waals surface area contributed by atoms with Gasteiger partial charge in [0.25, 0.3) is 0 Å². The third-order valence-corrected chi connectivity index (χ3v) is 2.90. The predicted octanol–water partition coefficient (Wildman–Crippen LogP) is 2.10. The molecule has 1 aromatic rings. The van der Waals surface area contributed by atoms with Gasteiger partial charge in [-0.15, -0.1) is 0 Å². The molecule has 106 valence electrons. The Hall–Kier alpha value is -1.62. The van der Waals surface area contributed by atoms with E-state index in [0.29, 0.717) is 12.1 Å². The molecule has 0 aliphatic heterocycles. The van der Waals surface area contributed by atoms with Crippen molar-refractivity contribution in [2.45, 2.75) is 39.3 Å². The van der Waals surface area contributed by atoms with Gasteiger partial charge in [0, 0.05) is 18.2 Å². The molecule has 0 saturated carbocycles. The number of phenols is 1. The third-order valence-electron chi connectivity index (χ3n) is 2.90. The maximum absolute atomic E-state index is 13.2. The number of carbonyl (C=O) groups is 1. The minimum atomic E-state index is -0.413. The van der Waals surface area contributed by atoms with Crippen LogP contribution in [-0.4, -0.2) is 23.6 Å². The summed E-state index contributed by atoms with van der Waals surface area (Å²) >= 11 is 0. The zero-order valence-corrected chi connectivity index (χ0v) is 11.5. The Bertz CT molecular complexity index is 437. The number of nitrogens with one attached hydrogen (secondary N) is 2. The molecule has 0 spiro atoms. The molecule has 0 aliphatic carbocycles. The van der Waals surface area contributed by atoms with Crippen LogP contribution in [0.5, 0.6) is 5.75 Å². The summed E-state index contributed by atoms with van der Waals surface area (Å²) in [7, 11) is 0. The second kappa shape index (κ2) is 7.09. The van der Waals surface area contributed by atoms with Gasteiger partial charge >= 0.3 is 0 Å². The van der Waals surface area contributed by atoms with Crippen molar-refractivity contribution in [1.29, 1.82) is 0 Å². The molecule has 19 heavy (non-hydrogen) atoms. The van der Waals surface area contributed by atoms with Crippen LogP contribution >= 0.6 is 0 Å². The Morgan fingerprint density at radius 3 is 2.74 bits per heavy atom. The summed E-state index contributed by atoms with van der Waals surface area (Å²) in [5.74, 6) is -0.503. The van der Waals surface area contributed by atoms with Crippen LogP contribution in [0.2, 0.25) is 0 Å². The summed E-state index contributed by atoms with van der Waals surface area (Å²) in [5.41, 5.74) is 0.440. The van der Waals surface area contributed by atoms with Crippen LogP contribution in [0.4, 0.5) is 4.39 Å². The van der Waals surface area contributed by atoms with Gasteiger partial charge in [-0.3, -0.25) is 10.1 Å². The molecule has 2 unspecified atom stereocenters. The number of rotatable bonds is 6. The van der Waals surface area contributed by atoms with E-state index in [1.54, 1.807) is 13.8 Å². The van der Waals surface area contributed by atoms with E-state index in [2.05, 4.69) is 10.6 Å². The van der Waals surface area contributed by atoms with Crippen LogP contribution in [0.3, 0.4) is 0 Å². The van der Waals surface area contributed by atoms with Gasteiger partial charge in [0.2, 0.25) is 5.91 Å². The highest BCUT2D eigenvalue weighted by atomic mass is 19.1. The number of hydrogen-bond donors (Lipinski definition) is 3. The van der Waals surface area contributed by atoms with Crippen LogP contribution in [-0.2, 0) is 4.79 Å². The smallest absolute Gasteiger partial charge is 0.236 e. The van der Waals surface area contributed by atoms with E-state index in [1.807, 2.05) is 6.92 Å². The molecule has 1 aromatic carbocycles. The van der Waals surface area contributed by atoms with Gasteiger partial charge < -0.3 is 10.4 Å². The number of amides is 1. The average molecular weight is 268 g/mol. The van der Waals surface area contributed by atoms with Gasteiger partial charge in [-0.05, 0) is 38.5 Å². The van der Waals surface area contributed by atoms with Crippen molar-refractivity contribution in [3.63, 3.8) is 0 Å². The fraction of sp³-hybridized carbons (Fsp3) is 0.500. The molecule has 2 atom stereocenters. The van der Waals surface area contributed by atoms with Crippen molar-refractivity contribution >= 4 is 5.91 Å². The number of benzene rings is 1. The first-order chi connectivity index (χ1) is 8.95. The lowest BCUT2D eigenvalue weighted by molar-refractivity contribution is -0.122. The number of halogens is 1. The zero-order valence-electron chi connectivity index (χ0n) is 11.5. The molecular formula is C14H21FN2O2. The summed E-state index contributed by atoms with van der Waals surface area (Å²) in [4.78, 5) is 11.7. The van der Waals surface area contributed by atoms with E-state index in [4.69, 9.17) is 0 Å². The fourth-order valence-electron chi connectivity index (χ4n) is 1.81. The highest BCUT2D eigenvalue weighted by Crippen LogP contribution is 2.24. The molecule has 0 bridgehead atoms. The van der Waals surface area contributed by atoms with E-state index in [1.165, 1.54) is 18.2 Å². The molecule has 5 heteroatoms. The second-order valence-electron chi connectivity index (χ2n) is 4.60. The molecule has 0 fully saturated rings. The quantitative estimate of drug-likeness (QED) is 0.740. The van der Waals surface area contributed by atoms with Gasteiger partial charge in [0.1, 0.15) is 11.6 Å². The summed E-state index contributed by atoms with van der Waals surface area (Å²) in [6, 6.07) is 3.04. The van der Waals surface area contributed by atoms with Crippen molar-refractivity contribution in [1.82, 2.24) is 10.6 Å². The van der Waals surface area contributed by atoms with Crippen molar-refractivity contribution in [2.24, 2.45) is 0 Å². The topological polar surface area (TPSA) is 61.4 Å². The molecule has 1 amide bonds. The van der Waals surface area contributed by atoms with Crippen LogP contribution in [0.1, 0.15) is 38.8 Å². The summed E-state index contributed by atoms with van der Waals surface area (Å²) in [5, 5.41) is 15.5. The Morgan fingerprint density at radius 2 is 2.11 bits per heavy atom. The van der Waals surface area contributed by atoms with Gasteiger partial charge in [0.05, 0.1) is 6.04 Å². The van der Waals surface area contributed by atoms with Gasteiger partial charge in [0.15, 0.2) is 0 Å². The predicted molar refractivity (Wildman–Crippen MR) is 72.4 cm³/mol. The maximum atomic E-state index is 13.2. The fourth-order valence-corrected chi connectivity index (χ4v) is 1.81. The zero-order chi connectivity index (χ0) is 14.4. The van der Waals surface area contributed by atoms with E-state index in [9.17, 15) is 14.3 Å².